The highest BCUT2D eigenvalue weighted by Crippen LogP contribution is 2.23. The smallest absolute Gasteiger partial charge is 0.191 e. The molecule has 2 heterocycles. The number of ether oxygens (including phenoxy) is 2. The van der Waals surface area contributed by atoms with Crippen molar-refractivity contribution in [3.8, 4) is 0 Å². The Morgan fingerprint density at radius 3 is 2.96 bits per heavy atom. The van der Waals surface area contributed by atoms with Gasteiger partial charge in [0.2, 0.25) is 0 Å². The largest absolute Gasteiger partial charge is 0.459 e. The lowest BCUT2D eigenvalue weighted by Crippen LogP contribution is -2.39. The van der Waals surface area contributed by atoms with E-state index in [0.717, 1.165) is 68.5 Å². The second kappa shape index (κ2) is 11.5. The Balaban J connectivity index is 0.00000261. The van der Waals surface area contributed by atoms with E-state index in [9.17, 15) is 0 Å². The maximum atomic E-state index is 5.91. The van der Waals surface area contributed by atoms with Crippen LogP contribution in [0.15, 0.2) is 39.7 Å². The van der Waals surface area contributed by atoms with Gasteiger partial charge >= 0.3 is 0 Å². The molecule has 0 radical (unpaired) electrons. The summed E-state index contributed by atoms with van der Waals surface area (Å²) in [5, 5.41) is 7.81. The van der Waals surface area contributed by atoms with Crippen molar-refractivity contribution >= 4 is 40.9 Å². The quantitative estimate of drug-likeness (QED) is 0.257. The van der Waals surface area contributed by atoms with Gasteiger partial charge in [0.1, 0.15) is 11.3 Å². The Hall–Kier alpha value is -1.32. The van der Waals surface area contributed by atoms with Gasteiger partial charge in [-0.1, -0.05) is 18.2 Å². The number of halogens is 1. The van der Waals surface area contributed by atoms with Gasteiger partial charge in [-0.25, -0.2) is 0 Å². The molecule has 1 saturated heterocycles. The van der Waals surface area contributed by atoms with Crippen LogP contribution in [-0.4, -0.2) is 46.0 Å². The number of nitrogens with zero attached hydrogens (tertiary/aromatic N) is 1. The van der Waals surface area contributed by atoms with Gasteiger partial charge < -0.3 is 24.5 Å². The van der Waals surface area contributed by atoms with Crippen molar-refractivity contribution in [3.05, 3.63) is 36.1 Å². The van der Waals surface area contributed by atoms with Gasteiger partial charge in [-0.2, -0.15) is 0 Å². The molecule has 2 aromatic rings. The molecule has 0 amide bonds. The first-order valence-electron chi connectivity index (χ1n) is 9.37. The molecule has 1 aromatic carbocycles. The molecule has 1 fully saturated rings. The maximum Gasteiger partial charge on any atom is 0.191 e. The van der Waals surface area contributed by atoms with Crippen molar-refractivity contribution in [3.63, 3.8) is 0 Å². The third-order valence-electron chi connectivity index (χ3n) is 4.58. The number of furan rings is 1. The average Bonchev–Trinajstić information content (AvgIpc) is 3.32. The number of aliphatic imine (C=N–C) groups is 1. The molecule has 27 heavy (non-hydrogen) atoms. The molecule has 2 atom stereocenters. The van der Waals surface area contributed by atoms with Crippen LogP contribution in [0.5, 0.6) is 0 Å². The number of hydrogen-bond donors (Lipinski definition) is 2. The summed E-state index contributed by atoms with van der Waals surface area (Å²) in [5.41, 5.74) is 0.906. The highest BCUT2D eigenvalue weighted by Gasteiger charge is 2.15. The van der Waals surface area contributed by atoms with Crippen molar-refractivity contribution in [2.45, 2.75) is 25.8 Å². The van der Waals surface area contributed by atoms with Gasteiger partial charge in [-0.3, -0.25) is 4.99 Å². The summed E-state index contributed by atoms with van der Waals surface area (Å²) in [7, 11) is 1.78. The summed E-state index contributed by atoms with van der Waals surface area (Å²) < 4.78 is 17.0. The normalized spacial score (nSPS) is 18.3. The van der Waals surface area contributed by atoms with E-state index in [-0.39, 0.29) is 30.0 Å². The highest BCUT2D eigenvalue weighted by molar-refractivity contribution is 14.0. The lowest BCUT2D eigenvalue weighted by molar-refractivity contribution is 0.0888. The van der Waals surface area contributed by atoms with E-state index in [1.807, 2.05) is 18.2 Å². The van der Waals surface area contributed by atoms with E-state index in [4.69, 9.17) is 13.9 Å². The first-order valence-corrected chi connectivity index (χ1v) is 9.37. The molecule has 0 saturated carbocycles. The molecule has 0 spiro atoms. The van der Waals surface area contributed by atoms with Crippen LogP contribution in [0.4, 0.5) is 0 Å². The fourth-order valence-corrected chi connectivity index (χ4v) is 3.03. The number of fused-ring (bicyclic) bond motifs is 1. The van der Waals surface area contributed by atoms with E-state index < -0.39 is 0 Å². The van der Waals surface area contributed by atoms with E-state index in [1.54, 1.807) is 7.05 Å². The summed E-state index contributed by atoms with van der Waals surface area (Å²) in [4.78, 5) is 4.28. The predicted octanol–water partition coefficient (Wildman–Crippen LogP) is 3.72. The first kappa shape index (κ1) is 22.0. The topological polar surface area (TPSA) is 68.0 Å². The standard InChI is InChI=1S/C20H29N3O3.HI/c1-15(19-12-17-6-3-4-7-18(17)26-19)23-20(21-2)22-9-5-10-24-13-16-8-11-25-14-16;/h3-4,6-7,12,15-16H,5,8-11,13-14H2,1-2H3,(H2,21,22,23);1H. The zero-order valence-corrected chi connectivity index (χ0v) is 18.4. The first-order chi connectivity index (χ1) is 12.8. The van der Waals surface area contributed by atoms with Crippen molar-refractivity contribution in [1.82, 2.24) is 10.6 Å². The molecule has 2 unspecified atom stereocenters. The van der Waals surface area contributed by atoms with Gasteiger partial charge in [-0.05, 0) is 31.9 Å². The number of para-hydroxylation sites is 1. The van der Waals surface area contributed by atoms with Crippen molar-refractivity contribution in [2.75, 3.05) is 40.0 Å². The minimum atomic E-state index is 0. The monoisotopic (exact) mass is 487 g/mol. The van der Waals surface area contributed by atoms with Crippen LogP contribution in [0.25, 0.3) is 11.0 Å². The fraction of sp³-hybridized carbons (Fsp3) is 0.550. The zero-order valence-electron chi connectivity index (χ0n) is 16.1. The van der Waals surface area contributed by atoms with Crippen LogP contribution < -0.4 is 10.6 Å². The minimum Gasteiger partial charge on any atom is -0.459 e. The molecule has 150 valence electrons. The van der Waals surface area contributed by atoms with Gasteiger partial charge in [0, 0.05) is 38.1 Å². The summed E-state index contributed by atoms with van der Waals surface area (Å²) in [6.07, 6.45) is 2.06. The van der Waals surface area contributed by atoms with Crippen molar-refractivity contribution < 1.29 is 13.9 Å². The molecular weight excluding hydrogens is 457 g/mol. The van der Waals surface area contributed by atoms with Crippen LogP contribution in [0.3, 0.4) is 0 Å². The van der Waals surface area contributed by atoms with Gasteiger partial charge in [0.15, 0.2) is 5.96 Å². The zero-order chi connectivity index (χ0) is 18.2. The summed E-state index contributed by atoms with van der Waals surface area (Å²) in [5.74, 6) is 2.24. The SMILES string of the molecule is CN=C(NCCCOCC1CCOC1)NC(C)c1cc2ccccc2o1.I. The molecule has 1 aliphatic heterocycles. The van der Waals surface area contributed by atoms with E-state index in [2.05, 4.69) is 34.7 Å². The van der Waals surface area contributed by atoms with Gasteiger partial charge in [0.25, 0.3) is 0 Å². The molecule has 6 nitrogen and oxygen atoms in total. The molecule has 2 N–H and O–H groups in total. The number of hydrogen-bond acceptors (Lipinski definition) is 4. The Bertz CT molecular complexity index is 680. The Labute approximate surface area is 178 Å². The second-order valence-electron chi connectivity index (χ2n) is 6.71. The number of rotatable bonds is 8. The fourth-order valence-electron chi connectivity index (χ4n) is 3.03. The van der Waals surface area contributed by atoms with E-state index >= 15 is 0 Å². The highest BCUT2D eigenvalue weighted by atomic mass is 127. The van der Waals surface area contributed by atoms with E-state index in [0.29, 0.717) is 5.92 Å². The third-order valence-corrected chi connectivity index (χ3v) is 4.58. The number of guanidine groups is 1. The van der Waals surface area contributed by atoms with E-state index in [1.165, 1.54) is 0 Å². The van der Waals surface area contributed by atoms with Crippen LogP contribution in [0, 0.1) is 5.92 Å². The van der Waals surface area contributed by atoms with Crippen LogP contribution in [-0.2, 0) is 9.47 Å². The van der Waals surface area contributed by atoms with Crippen molar-refractivity contribution in [2.24, 2.45) is 10.9 Å². The van der Waals surface area contributed by atoms with Crippen LogP contribution in [0.1, 0.15) is 31.6 Å². The maximum absolute atomic E-state index is 5.91. The minimum absolute atomic E-state index is 0. The summed E-state index contributed by atoms with van der Waals surface area (Å²) >= 11 is 0. The second-order valence-corrected chi connectivity index (χ2v) is 6.71. The third kappa shape index (κ3) is 6.65. The Morgan fingerprint density at radius 2 is 2.22 bits per heavy atom. The molecule has 7 heteroatoms. The molecular formula is C20H30IN3O3. The average molecular weight is 487 g/mol. The summed E-state index contributed by atoms with van der Waals surface area (Å²) in [6.45, 7) is 6.15. The Kier molecular flexibility index (Phi) is 9.36. The predicted molar refractivity (Wildman–Crippen MR) is 119 cm³/mol. The van der Waals surface area contributed by atoms with Crippen LogP contribution in [0.2, 0.25) is 0 Å². The lowest BCUT2D eigenvalue weighted by atomic mass is 10.1. The molecule has 1 aliphatic rings. The van der Waals surface area contributed by atoms with Crippen molar-refractivity contribution in [1.29, 1.82) is 0 Å². The molecule has 0 aliphatic carbocycles. The molecule has 1 aromatic heterocycles. The van der Waals surface area contributed by atoms with Crippen LogP contribution >= 0.6 is 24.0 Å². The Morgan fingerprint density at radius 1 is 1.37 bits per heavy atom. The number of benzene rings is 1. The molecule has 0 bridgehead atoms. The number of nitrogens with one attached hydrogen (secondary N) is 2. The van der Waals surface area contributed by atoms with Gasteiger partial charge in [0.05, 0.1) is 19.3 Å². The summed E-state index contributed by atoms with van der Waals surface area (Å²) in [6, 6.07) is 10.1. The molecule has 3 rings (SSSR count). The lowest BCUT2D eigenvalue weighted by Gasteiger charge is -2.16. The van der Waals surface area contributed by atoms with Gasteiger partial charge in [-0.15, -0.1) is 24.0 Å².